The average molecular weight is 348 g/mol. The van der Waals surface area contributed by atoms with Gasteiger partial charge in [0.2, 0.25) is 0 Å². The summed E-state index contributed by atoms with van der Waals surface area (Å²) in [4.78, 5) is 16.6. The number of pyridine rings is 1. The molecule has 1 amide bonds. The molecule has 0 aliphatic rings. The molecule has 2 N–H and O–H groups in total. The van der Waals surface area contributed by atoms with Crippen LogP contribution in [0.15, 0.2) is 41.0 Å². The lowest BCUT2D eigenvalue weighted by Crippen LogP contribution is -2.15. The Morgan fingerprint density at radius 2 is 1.95 bits per heavy atom. The first-order valence-electron chi connectivity index (χ1n) is 6.93. The van der Waals surface area contributed by atoms with Crippen LogP contribution in [0.25, 0.3) is 0 Å². The predicted molar refractivity (Wildman–Crippen MR) is 89.9 cm³/mol. The number of rotatable bonds is 5. The minimum absolute atomic E-state index is 0.177. The first-order valence-corrected chi connectivity index (χ1v) is 7.73. The zero-order valence-electron chi connectivity index (χ0n) is 12.1. The number of anilines is 2. The van der Waals surface area contributed by atoms with Crippen LogP contribution in [0.2, 0.25) is 0 Å². The minimum atomic E-state index is -0.177. The number of aromatic nitrogens is 1. The van der Waals surface area contributed by atoms with Gasteiger partial charge < -0.3 is 10.6 Å². The molecule has 1 aromatic carbocycles. The maximum absolute atomic E-state index is 12.4. The summed E-state index contributed by atoms with van der Waals surface area (Å²) in [5, 5.41) is 5.99. The third-order valence-corrected chi connectivity index (χ3v) is 3.50. The van der Waals surface area contributed by atoms with Crippen molar-refractivity contribution in [1.82, 2.24) is 4.98 Å². The monoisotopic (exact) mass is 347 g/mol. The van der Waals surface area contributed by atoms with Crippen LogP contribution in [0.4, 0.5) is 11.5 Å². The van der Waals surface area contributed by atoms with E-state index in [4.69, 9.17) is 0 Å². The average Bonchev–Trinajstić information content (AvgIpc) is 2.50. The van der Waals surface area contributed by atoms with Crippen LogP contribution in [0.1, 0.15) is 29.8 Å². The summed E-state index contributed by atoms with van der Waals surface area (Å²) in [6, 6.07) is 9.62. The quantitative estimate of drug-likeness (QED) is 0.856. The molecule has 2 rings (SSSR count). The van der Waals surface area contributed by atoms with Crippen molar-refractivity contribution in [3.63, 3.8) is 0 Å². The molecule has 0 atom stereocenters. The second-order valence-corrected chi connectivity index (χ2v) is 5.50. The number of aryl methyl sites for hydroxylation is 1. The second kappa shape index (κ2) is 7.22. The summed E-state index contributed by atoms with van der Waals surface area (Å²) in [5.74, 6) is 0.410. The molecule has 4 nitrogen and oxygen atoms in total. The fourth-order valence-corrected chi connectivity index (χ4v) is 2.27. The number of benzene rings is 1. The molecule has 5 heteroatoms. The first kappa shape index (κ1) is 15.5. The maximum Gasteiger partial charge on any atom is 0.259 e. The van der Waals surface area contributed by atoms with Crippen molar-refractivity contribution in [2.75, 3.05) is 17.2 Å². The Balaban J connectivity index is 2.20. The van der Waals surface area contributed by atoms with Crippen LogP contribution >= 0.6 is 15.9 Å². The van der Waals surface area contributed by atoms with Gasteiger partial charge in [-0.05, 0) is 53.0 Å². The molecule has 0 saturated carbocycles. The molecule has 0 fully saturated rings. The topological polar surface area (TPSA) is 54.0 Å². The molecule has 21 heavy (non-hydrogen) atoms. The van der Waals surface area contributed by atoms with Crippen LogP contribution in [-0.4, -0.2) is 17.4 Å². The molecule has 0 aliphatic heterocycles. The van der Waals surface area contributed by atoms with Crippen LogP contribution in [0, 0.1) is 0 Å². The molecule has 0 saturated heterocycles. The van der Waals surface area contributed by atoms with E-state index in [1.54, 1.807) is 12.3 Å². The lowest BCUT2D eigenvalue weighted by molar-refractivity contribution is 0.102. The summed E-state index contributed by atoms with van der Waals surface area (Å²) in [5.41, 5.74) is 2.54. The van der Waals surface area contributed by atoms with E-state index in [9.17, 15) is 4.79 Å². The van der Waals surface area contributed by atoms with Gasteiger partial charge in [0.1, 0.15) is 5.82 Å². The zero-order valence-corrected chi connectivity index (χ0v) is 13.7. The van der Waals surface area contributed by atoms with Crippen molar-refractivity contribution in [2.45, 2.75) is 20.3 Å². The summed E-state index contributed by atoms with van der Waals surface area (Å²) in [6.07, 6.45) is 2.65. The highest BCUT2D eigenvalue weighted by atomic mass is 79.9. The van der Waals surface area contributed by atoms with Crippen LogP contribution < -0.4 is 10.6 Å². The molecule has 2 aromatic rings. The minimum Gasteiger partial charge on any atom is -0.370 e. The standard InChI is InChI=1S/C16H18BrN3O/c1-3-11-5-7-13(8-6-11)20-16(21)14-9-12(17)10-19-15(14)18-4-2/h5-10H,3-4H2,1-2H3,(H,18,19)(H,20,21). The van der Waals surface area contributed by atoms with Gasteiger partial charge in [0.15, 0.2) is 0 Å². The highest BCUT2D eigenvalue weighted by Gasteiger charge is 2.13. The third-order valence-electron chi connectivity index (χ3n) is 3.06. The molecule has 0 aliphatic carbocycles. The van der Waals surface area contributed by atoms with E-state index >= 15 is 0 Å². The first-order chi connectivity index (χ1) is 10.1. The van der Waals surface area contributed by atoms with Crippen molar-refractivity contribution in [2.24, 2.45) is 0 Å². The molecule has 0 radical (unpaired) electrons. The van der Waals surface area contributed by atoms with Crippen molar-refractivity contribution >= 4 is 33.3 Å². The number of carbonyl (C=O) groups is 1. The fraction of sp³-hybridized carbons (Fsp3) is 0.250. The number of nitrogens with zero attached hydrogens (tertiary/aromatic N) is 1. The Hall–Kier alpha value is -1.88. The lowest BCUT2D eigenvalue weighted by atomic mass is 10.1. The van der Waals surface area contributed by atoms with E-state index in [-0.39, 0.29) is 5.91 Å². The number of carbonyl (C=O) groups excluding carboxylic acids is 1. The van der Waals surface area contributed by atoms with E-state index in [2.05, 4.69) is 38.5 Å². The third kappa shape index (κ3) is 4.04. The molecule has 0 unspecified atom stereocenters. The Labute approximate surface area is 133 Å². The number of nitrogens with one attached hydrogen (secondary N) is 2. The summed E-state index contributed by atoms with van der Waals surface area (Å²) < 4.78 is 0.774. The largest absolute Gasteiger partial charge is 0.370 e. The summed E-state index contributed by atoms with van der Waals surface area (Å²) in [7, 11) is 0. The van der Waals surface area contributed by atoms with Crippen molar-refractivity contribution < 1.29 is 4.79 Å². The van der Waals surface area contributed by atoms with Crippen LogP contribution in [0.5, 0.6) is 0 Å². The Kier molecular flexibility index (Phi) is 5.33. The molecule has 0 bridgehead atoms. The van der Waals surface area contributed by atoms with Gasteiger partial charge in [0.05, 0.1) is 5.56 Å². The Bertz CT molecular complexity index is 626. The van der Waals surface area contributed by atoms with Gasteiger partial charge in [-0.3, -0.25) is 4.79 Å². The van der Waals surface area contributed by atoms with E-state index in [0.717, 1.165) is 16.6 Å². The number of halogens is 1. The van der Waals surface area contributed by atoms with Gasteiger partial charge in [0.25, 0.3) is 5.91 Å². The fourth-order valence-electron chi connectivity index (χ4n) is 1.94. The van der Waals surface area contributed by atoms with Crippen molar-refractivity contribution in [1.29, 1.82) is 0 Å². The Morgan fingerprint density at radius 1 is 1.24 bits per heavy atom. The highest BCUT2D eigenvalue weighted by Crippen LogP contribution is 2.20. The molecule has 0 spiro atoms. The van der Waals surface area contributed by atoms with Crippen LogP contribution in [-0.2, 0) is 6.42 Å². The van der Waals surface area contributed by atoms with Crippen molar-refractivity contribution in [3.05, 3.63) is 52.1 Å². The van der Waals surface area contributed by atoms with E-state index in [0.29, 0.717) is 17.9 Å². The lowest BCUT2D eigenvalue weighted by Gasteiger charge is -2.11. The second-order valence-electron chi connectivity index (χ2n) is 4.58. The van der Waals surface area contributed by atoms with E-state index in [1.165, 1.54) is 5.56 Å². The Morgan fingerprint density at radius 3 is 2.57 bits per heavy atom. The molecule has 1 heterocycles. The predicted octanol–water partition coefficient (Wildman–Crippen LogP) is 4.09. The maximum atomic E-state index is 12.4. The number of hydrogen-bond donors (Lipinski definition) is 2. The SMILES string of the molecule is CCNc1ncc(Br)cc1C(=O)Nc1ccc(CC)cc1. The zero-order chi connectivity index (χ0) is 15.2. The van der Waals surface area contributed by atoms with Gasteiger partial charge in [-0.25, -0.2) is 4.98 Å². The normalized spacial score (nSPS) is 10.2. The van der Waals surface area contributed by atoms with E-state index in [1.807, 2.05) is 31.2 Å². The molecule has 1 aromatic heterocycles. The number of amides is 1. The molecular weight excluding hydrogens is 330 g/mol. The van der Waals surface area contributed by atoms with Crippen LogP contribution in [0.3, 0.4) is 0 Å². The van der Waals surface area contributed by atoms with Gasteiger partial charge in [-0.2, -0.15) is 0 Å². The highest BCUT2D eigenvalue weighted by molar-refractivity contribution is 9.10. The molecular formula is C16H18BrN3O. The van der Waals surface area contributed by atoms with E-state index < -0.39 is 0 Å². The smallest absolute Gasteiger partial charge is 0.259 e. The summed E-state index contributed by atoms with van der Waals surface area (Å²) in [6.45, 7) is 4.78. The van der Waals surface area contributed by atoms with Gasteiger partial charge in [0, 0.05) is 22.9 Å². The summed E-state index contributed by atoms with van der Waals surface area (Å²) >= 11 is 3.35. The number of hydrogen-bond acceptors (Lipinski definition) is 3. The van der Waals surface area contributed by atoms with Crippen molar-refractivity contribution in [3.8, 4) is 0 Å². The molecule has 110 valence electrons. The van der Waals surface area contributed by atoms with Gasteiger partial charge >= 0.3 is 0 Å². The van der Waals surface area contributed by atoms with Gasteiger partial charge in [-0.1, -0.05) is 19.1 Å². The van der Waals surface area contributed by atoms with Gasteiger partial charge in [-0.15, -0.1) is 0 Å².